The molecule has 0 spiro atoms. The van der Waals surface area contributed by atoms with Gasteiger partial charge in [-0.2, -0.15) is 0 Å². The van der Waals surface area contributed by atoms with Gasteiger partial charge in [0.05, 0.1) is 13.2 Å². The molecule has 6 heteroatoms. The molecule has 0 radical (unpaired) electrons. The molecule has 1 aliphatic heterocycles. The largest absolute Gasteiger partial charge is 0.453 e. The van der Waals surface area contributed by atoms with Crippen molar-refractivity contribution in [1.29, 1.82) is 0 Å². The molecule has 1 rings (SSSR count). The molecule has 1 heterocycles. The SMILES string of the molecule is CCN(C)C(=O)N1CCC(NC(=O)OC)C1. The quantitative estimate of drug-likeness (QED) is 0.749. The summed E-state index contributed by atoms with van der Waals surface area (Å²) in [4.78, 5) is 26.2. The Morgan fingerprint density at radius 2 is 2.25 bits per heavy atom. The molecule has 1 fully saturated rings. The van der Waals surface area contributed by atoms with Crippen LogP contribution >= 0.6 is 0 Å². The molecule has 0 aliphatic carbocycles. The minimum absolute atomic E-state index is 0.00153. The average Bonchev–Trinajstić information content (AvgIpc) is 2.75. The van der Waals surface area contributed by atoms with E-state index in [9.17, 15) is 9.59 Å². The summed E-state index contributed by atoms with van der Waals surface area (Å²) in [5.41, 5.74) is 0. The molecule has 1 aliphatic rings. The fourth-order valence-electron chi connectivity index (χ4n) is 1.65. The number of hydrogen-bond donors (Lipinski definition) is 1. The third-order valence-corrected chi connectivity index (χ3v) is 2.77. The molecular weight excluding hydrogens is 210 g/mol. The van der Waals surface area contributed by atoms with Crippen LogP contribution in [0.25, 0.3) is 0 Å². The number of methoxy groups -OCH3 is 1. The number of nitrogens with one attached hydrogen (secondary N) is 1. The third kappa shape index (κ3) is 3.01. The van der Waals surface area contributed by atoms with Crippen molar-refractivity contribution >= 4 is 12.1 Å². The summed E-state index contributed by atoms with van der Waals surface area (Å²) in [6.07, 6.45) is 0.335. The van der Waals surface area contributed by atoms with Crippen LogP contribution in [0, 0.1) is 0 Å². The summed E-state index contributed by atoms with van der Waals surface area (Å²) in [5, 5.41) is 2.70. The highest BCUT2D eigenvalue weighted by Crippen LogP contribution is 2.11. The predicted molar refractivity (Wildman–Crippen MR) is 59.2 cm³/mol. The van der Waals surface area contributed by atoms with Gasteiger partial charge in [-0.05, 0) is 13.3 Å². The van der Waals surface area contributed by atoms with E-state index in [1.165, 1.54) is 7.11 Å². The molecule has 1 N–H and O–H groups in total. The summed E-state index contributed by atoms with van der Waals surface area (Å²) < 4.78 is 4.51. The van der Waals surface area contributed by atoms with Crippen molar-refractivity contribution < 1.29 is 14.3 Å². The number of nitrogens with zero attached hydrogens (tertiary/aromatic N) is 2. The topological polar surface area (TPSA) is 61.9 Å². The molecule has 16 heavy (non-hydrogen) atoms. The first-order valence-corrected chi connectivity index (χ1v) is 5.43. The number of carbonyl (C=O) groups excluding carboxylic acids is 2. The van der Waals surface area contributed by atoms with E-state index in [1.54, 1.807) is 16.8 Å². The molecule has 0 aromatic carbocycles. The Morgan fingerprint density at radius 1 is 1.56 bits per heavy atom. The van der Waals surface area contributed by atoms with Crippen LogP contribution in [-0.2, 0) is 4.74 Å². The number of likely N-dealkylation sites (tertiary alicyclic amines) is 1. The summed E-state index contributed by atoms with van der Waals surface area (Å²) >= 11 is 0. The fourth-order valence-corrected chi connectivity index (χ4v) is 1.65. The first-order chi connectivity index (χ1) is 7.58. The predicted octanol–water partition coefficient (Wildman–Crippen LogP) is 0.488. The van der Waals surface area contributed by atoms with E-state index in [1.807, 2.05) is 6.92 Å². The maximum Gasteiger partial charge on any atom is 0.407 e. The Balaban J connectivity index is 2.40. The van der Waals surface area contributed by atoms with Crippen LogP contribution in [0.1, 0.15) is 13.3 Å². The Hall–Kier alpha value is -1.46. The molecule has 1 unspecified atom stereocenters. The number of alkyl carbamates (subject to hydrolysis) is 1. The van der Waals surface area contributed by atoms with Crippen LogP contribution in [-0.4, -0.2) is 61.8 Å². The van der Waals surface area contributed by atoms with Gasteiger partial charge in [-0.1, -0.05) is 0 Å². The van der Waals surface area contributed by atoms with E-state index in [2.05, 4.69) is 10.1 Å². The first-order valence-electron chi connectivity index (χ1n) is 5.43. The molecule has 0 bridgehead atoms. The number of carbonyl (C=O) groups is 2. The van der Waals surface area contributed by atoms with Gasteiger partial charge in [-0.15, -0.1) is 0 Å². The highest BCUT2D eigenvalue weighted by Gasteiger charge is 2.28. The monoisotopic (exact) mass is 229 g/mol. The maximum absolute atomic E-state index is 11.8. The zero-order valence-corrected chi connectivity index (χ0v) is 10.0. The van der Waals surface area contributed by atoms with E-state index in [4.69, 9.17) is 0 Å². The molecule has 1 saturated heterocycles. The van der Waals surface area contributed by atoms with Gasteiger partial charge < -0.3 is 19.9 Å². The molecule has 1 atom stereocenters. The standard InChI is InChI=1S/C10H19N3O3/c1-4-12(2)10(15)13-6-5-8(7-13)11-9(14)16-3/h8H,4-7H2,1-3H3,(H,11,14). The molecule has 0 saturated carbocycles. The zero-order chi connectivity index (χ0) is 12.1. The van der Waals surface area contributed by atoms with Gasteiger partial charge in [0.25, 0.3) is 0 Å². The molecule has 3 amide bonds. The fraction of sp³-hybridized carbons (Fsp3) is 0.800. The highest BCUT2D eigenvalue weighted by atomic mass is 16.5. The summed E-state index contributed by atoms with van der Waals surface area (Å²) in [5.74, 6) is 0. The molecule has 6 nitrogen and oxygen atoms in total. The lowest BCUT2D eigenvalue weighted by molar-refractivity contribution is 0.163. The molecular formula is C10H19N3O3. The minimum Gasteiger partial charge on any atom is -0.453 e. The molecule has 92 valence electrons. The van der Waals surface area contributed by atoms with Crippen molar-refractivity contribution in [2.75, 3.05) is 33.8 Å². The number of ether oxygens (including phenoxy) is 1. The van der Waals surface area contributed by atoms with E-state index < -0.39 is 6.09 Å². The molecule has 0 aromatic heterocycles. The van der Waals surface area contributed by atoms with Gasteiger partial charge in [-0.3, -0.25) is 0 Å². The molecule has 0 aromatic rings. The lowest BCUT2D eigenvalue weighted by Crippen LogP contribution is -2.42. The van der Waals surface area contributed by atoms with E-state index >= 15 is 0 Å². The van der Waals surface area contributed by atoms with Crippen molar-refractivity contribution in [3.05, 3.63) is 0 Å². The highest BCUT2D eigenvalue weighted by molar-refractivity contribution is 5.74. The zero-order valence-electron chi connectivity index (χ0n) is 10.0. The van der Waals surface area contributed by atoms with Crippen molar-refractivity contribution in [2.45, 2.75) is 19.4 Å². The van der Waals surface area contributed by atoms with E-state index in [0.717, 1.165) is 6.42 Å². The normalized spacial score (nSPS) is 19.4. The third-order valence-electron chi connectivity index (χ3n) is 2.77. The van der Waals surface area contributed by atoms with Crippen LogP contribution in [0.15, 0.2) is 0 Å². The van der Waals surface area contributed by atoms with Crippen molar-refractivity contribution in [1.82, 2.24) is 15.1 Å². The summed E-state index contributed by atoms with van der Waals surface area (Å²) in [7, 11) is 3.10. The van der Waals surface area contributed by atoms with Crippen molar-refractivity contribution in [3.8, 4) is 0 Å². The van der Waals surface area contributed by atoms with Crippen LogP contribution in [0.5, 0.6) is 0 Å². The lowest BCUT2D eigenvalue weighted by atomic mass is 10.3. The van der Waals surface area contributed by atoms with Gasteiger partial charge in [0.2, 0.25) is 0 Å². The average molecular weight is 229 g/mol. The lowest BCUT2D eigenvalue weighted by Gasteiger charge is -2.23. The van der Waals surface area contributed by atoms with Gasteiger partial charge in [0, 0.05) is 26.7 Å². The maximum atomic E-state index is 11.8. The Morgan fingerprint density at radius 3 is 2.81 bits per heavy atom. The van der Waals surface area contributed by atoms with E-state index in [-0.39, 0.29) is 12.1 Å². The van der Waals surface area contributed by atoms with Crippen molar-refractivity contribution in [3.63, 3.8) is 0 Å². The first kappa shape index (κ1) is 12.6. The number of hydrogen-bond acceptors (Lipinski definition) is 3. The second-order valence-corrected chi connectivity index (χ2v) is 3.86. The summed E-state index contributed by atoms with van der Waals surface area (Å²) in [6.45, 7) is 3.85. The van der Waals surface area contributed by atoms with Gasteiger partial charge in [0.1, 0.15) is 0 Å². The summed E-state index contributed by atoms with van der Waals surface area (Å²) in [6, 6.07) is 0.0123. The van der Waals surface area contributed by atoms with E-state index in [0.29, 0.717) is 19.6 Å². The number of urea groups is 1. The minimum atomic E-state index is -0.442. The Labute approximate surface area is 95.5 Å². The second-order valence-electron chi connectivity index (χ2n) is 3.86. The second kappa shape index (κ2) is 5.58. The van der Waals surface area contributed by atoms with Crippen LogP contribution < -0.4 is 5.32 Å². The number of amides is 3. The van der Waals surface area contributed by atoms with Crippen LogP contribution in [0.4, 0.5) is 9.59 Å². The van der Waals surface area contributed by atoms with Gasteiger partial charge in [0.15, 0.2) is 0 Å². The smallest absolute Gasteiger partial charge is 0.407 e. The Kier molecular flexibility index (Phi) is 4.39. The van der Waals surface area contributed by atoms with Crippen molar-refractivity contribution in [2.24, 2.45) is 0 Å². The van der Waals surface area contributed by atoms with Gasteiger partial charge >= 0.3 is 12.1 Å². The van der Waals surface area contributed by atoms with Crippen LogP contribution in [0.3, 0.4) is 0 Å². The Bertz CT molecular complexity index is 270. The number of rotatable bonds is 2. The van der Waals surface area contributed by atoms with Crippen LogP contribution in [0.2, 0.25) is 0 Å². The van der Waals surface area contributed by atoms with Gasteiger partial charge in [-0.25, -0.2) is 9.59 Å².